The number of carbonyl (C=O) groups is 1. The summed E-state index contributed by atoms with van der Waals surface area (Å²) < 4.78 is 4.48. The number of nitrogens with one attached hydrogen (secondary N) is 1. The molecular weight excluding hydrogens is 186 g/mol. The third kappa shape index (κ3) is 7.71. The molecule has 0 aromatic heterocycles. The zero-order chi connectivity index (χ0) is 10.1. The number of rotatable bonds is 6. The van der Waals surface area contributed by atoms with Crippen LogP contribution < -0.4 is 5.32 Å². The fourth-order valence-electron chi connectivity index (χ4n) is 0.869. The molecule has 0 aromatic rings. The zero-order valence-electron chi connectivity index (χ0n) is 8.26. The van der Waals surface area contributed by atoms with Crippen LogP contribution in [-0.2, 0) is 9.53 Å². The van der Waals surface area contributed by atoms with Crippen LogP contribution in [0.15, 0.2) is 0 Å². The molecule has 0 radical (unpaired) electrons. The van der Waals surface area contributed by atoms with Crippen molar-refractivity contribution in [3.8, 4) is 0 Å². The van der Waals surface area contributed by atoms with E-state index in [1.165, 1.54) is 20.0 Å². The van der Waals surface area contributed by atoms with Gasteiger partial charge in [-0.2, -0.15) is 0 Å². The quantitative estimate of drug-likeness (QED) is 0.405. The number of hydrogen-bond acceptors (Lipinski definition) is 3. The van der Waals surface area contributed by atoms with E-state index in [2.05, 4.69) is 17.0 Å². The molecule has 4 heteroatoms. The minimum atomic E-state index is -0.284. The van der Waals surface area contributed by atoms with Gasteiger partial charge in [0.15, 0.2) is 0 Å². The molecule has 0 unspecified atom stereocenters. The van der Waals surface area contributed by atoms with Gasteiger partial charge in [-0.25, -0.2) is 0 Å². The summed E-state index contributed by atoms with van der Waals surface area (Å²) in [6.45, 7) is 3.00. The van der Waals surface area contributed by atoms with E-state index < -0.39 is 0 Å². The topological polar surface area (TPSA) is 38.3 Å². The Labute approximate surface area is 84.8 Å². The van der Waals surface area contributed by atoms with Crippen LogP contribution in [-0.4, -0.2) is 24.6 Å². The van der Waals surface area contributed by atoms with Crippen molar-refractivity contribution in [3.63, 3.8) is 0 Å². The molecule has 0 heterocycles. The third-order valence-corrected chi connectivity index (χ3v) is 1.92. The van der Waals surface area contributed by atoms with Crippen molar-refractivity contribution in [3.05, 3.63) is 0 Å². The molecule has 1 N–H and O–H groups in total. The SMILES string of the molecule is CCCCCNC(=S)CC(=O)OC. The molecule has 0 aliphatic carbocycles. The first-order chi connectivity index (χ1) is 6.20. The number of unbranched alkanes of at least 4 members (excludes halogenated alkanes) is 2. The summed E-state index contributed by atoms with van der Waals surface area (Å²) >= 11 is 4.93. The molecule has 0 aliphatic heterocycles. The van der Waals surface area contributed by atoms with Gasteiger partial charge >= 0.3 is 5.97 Å². The van der Waals surface area contributed by atoms with Gasteiger partial charge in [-0.1, -0.05) is 32.0 Å². The van der Waals surface area contributed by atoms with E-state index in [-0.39, 0.29) is 12.4 Å². The summed E-state index contributed by atoms with van der Waals surface area (Å²) in [5, 5.41) is 3.01. The molecule has 0 rings (SSSR count). The lowest BCUT2D eigenvalue weighted by molar-refractivity contribution is -0.139. The molecule has 0 aliphatic rings. The van der Waals surface area contributed by atoms with Crippen molar-refractivity contribution in [1.29, 1.82) is 0 Å². The predicted octanol–water partition coefficient (Wildman–Crippen LogP) is 1.66. The van der Waals surface area contributed by atoms with Crippen LogP contribution in [0.1, 0.15) is 32.6 Å². The van der Waals surface area contributed by atoms with E-state index in [9.17, 15) is 4.79 Å². The lowest BCUT2D eigenvalue weighted by Gasteiger charge is -2.05. The van der Waals surface area contributed by atoms with E-state index in [1.54, 1.807) is 0 Å². The third-order valence-electron chi connectivity index (χ3n) is 1.64. The Morgan fingerprint density at radius 1 is 1.46 bits per heavy atom. The molecule has 0 spiro atoms. The average molecular weight is 203 g/mol. The summed E-state index contributed by atoms with van der Waals surface area (Å²) in [4.78, 5) is 11.3. The van der Waals surface area contributed by atoms with Gasteiger partial charge in [0.1, 0.15) is 0 Å². The summed E-state index contributed by atoms with van der Waals surface area (Å²) in [7, 11) is 1.36. The fraction of sp³-hybridized carbons (Fsp3) is 0.778. The largest absolute Gasteiger partial charge is 0.469 e. The highest BCUT2D eigenvalue weighted by Crippen LogP contribution is 1.93. The highest BCUT2D eigenvalue weighted by Gasteiger charge is 2.03. The lowest BCUT2D eigenvalue weighted by Crippen LogP contribution is -2.25. The highest BCUT2D eigenvalue weighted by molar-refractivity contribution is 7.80. The van der Waals surface area contributed by atoms with Gasteiger partial charge in [0.25, 0.3) is 0 Å². The number of methoxy groups -OCH3 is 1. The number of esters is 1. The Kier molecular flexibility index (Phi) is 7.59. The Bertz CT molecular complexity index is 171. The van der Waals surface area contributed by atoms with Crippen molar-refractivity contribution >= 4 is 23.2 Å². The maximum absolute atomic E-state index is 10.8. The first-order valence-corrected chi connectivity index (χ1v) is 4.95. The Hall–Kier alpha value is -0.640. The highest BCUT2D eigenvalue weighted by atomic mass is 32.1. The van der Waals surface area contributed by atoms with Gasteiger partial charge in [-0.3, -0.25) is 4.79 Å². The van der Waals surface area contributed by atoms with Gasteiger partial charge in [0.05, 0.1) is 18.5 Å². The van der Waals surface area contributed by atoms with Crippen molar-refractivity contribution < 1.29 is 9.53 Å². The monoisotopic (exact) mass is 203 g/mol. The molecule has 13 heavy (non-hydrogen) atoms. The smallest absolute Gasteiger partial charge is 0.312 e. The van der Waals surface area contributed by atoms with Crippen molar-refractivity contribution in [1.82, 2.24) is 5.32 Å². The molecule has 76 valence electrons. The van der Waals surface area contributed by atoms with E-state index in [0.29, 0.717) is 4.99 Å². The average Bonchev–Trinajstić information content (AvgIpc) is 2.12. The van der Waals surface area contributed by atoms with Gasteiger partial charge < -0.3 is 10.1 Å². The van der Waals surface area contributed by atoms with Gasteiger partial charge in [-0.05, 0) is 6.42 Å². The first kappa shape index (κ1) is 12.4. The molecule has 3 nitrogen and oxygen atoms in total. The Balaban J connectivity index is 3.35. The van der Waals surface area contributed by atoms with Gasteiger partial charge in [-0.15, -0.1) is 0 Å². The van der Waals surface area contributed by atoms with E-state index in [4.69, 9.17) is 12.2 Å². The van der Waals surface area contributed by atoms with Crippen LogP contribution in [0.3, 0.4) is 0 Å². The molecule has 0 aromatic carbocycles. The number of hydrogen-bond donors (Lipinski definition) is 1. The van der Waals surface area contributed by atoms with E-state index in [1.807, 2.05) is 0 Å². The van der Waals surface area contributed by atoms with Crippen molar-refractivity contribution in [2.45, 2.75) is 32.6 Å². The van der Waals surface area contributed by atoms with Gasteiger partial charge in [0, 0.05) is 6.54 Å². The molecular formula is C9H17NO2S. The van der Waals surface area contributed by atoms with Crippen LogP contribution in [0, 0.1) is 0 Å². The number of ether oxygens (including phenoxy) is 1. The number of carbonyl (C=O) groups excluding carboxylic acids is 1. The van der Waals surface area contributed by atoms with E-state index >= 15 is 0 Å². The summed E-state index contributed by atoms with van der Waals surface area (Å²) in [5.74, 6) is -0.284. The Morgan fingerprint density at radius 3 is 2.69 bits per heavy atom. The van der Waals surface area contributed by atoms with Crippen LogP contribution in [0.5, 0.6) is 0 Å². The maximum Gasteiger partial charge on any atom is 0.312 e. The van der Waals surface area contributed by atoms with Crippen LogP contribution in [0.4, 0.5) is 0 Å². The van der Waals surface area contributed by atoms with Crippen LogP contribution >= 0.6 is 12.2 Å². The standard InChI is InChI=1S/C9H17NO2S/c1-3-4-5-6-10-8(13)7-9(11)12-2/h3-7H2,1-2H3,(H,10,13). The minimum Gasteiger partial charge on any atom is -0.469 e. The molecule has 0 saturated heterocycles. The summed E-state index contributed by atoms with van der Waals surface area (Å²) in [5.41, 5.74) is 0. The van der Waals surface area contributed by atoms with E-state index in [0.717, 1.165) is 13.0 Å². The second kappa shape index (κ2) is 7.98. The predicted molar refractivity (Wildman–Crippen MR) is 56.8 cm³/mol. The van der Waals surface area contributed by atoms with Crippen LogP contribution in [0.2, 0.25) is 0 Å². The van der Waals surface area contributed by atoms with Gasteiger partial charge in [0.2, 0.25) is 0 Å². The summed E-state index contributed by atoms with van der Waals surface area (Å²) in [6.07, 6.45) is 3.66. The van der Waals surface area contributed by atoms with Crippen molar-refractivity contribution in [2.24, 2.45) is 0 Å². The lowest BCUT2D eigenvalue weighted by atomic mass is 10.2. The fourth-order valence-corrected chi connectivity index (χ4v) is 1.09. The van der Waals surface area contributed by atoms with Crippen molar-refractivity contribution in [2.75, 3.05) is 13.7 Å². The molecule has 0 saturated carbocycles. The minimum absolute atomic E-state index is 0.192. The molecule has 0 amide bonds. The second-order valence-electron chi connectivity index (χ2n) is 2.81. The molecule has 0 bridgehead atoms. The number of thiocarbonyl (C=S) groups is 1. The maximum atomic E-state index is 10.8. The Morgan fingerprint density at radius 2 is 2.15 bits per heavy atom. The second-order valence-corrected chi connectivity index (χ2v) is 3.30. The first-order valence-electron chi connectivity index (χ1n) is 4.54. The molecule has 0 atom stereocenters. The van der Waals surface area contributed by atoms with Crippen LogP contribution in [0.25, 0.3) is 0 Å². The normalized spacial score (nSPS) is 9.38. The zero-order valence-corrected chi connectivity index (χ0v) is 9.08. The molecule has 0 fully saturated rings. The summed E-state index contributed by atoms with van der Waals surface area (Å²) in [6, 6.07) is 0.